The van der Waals surface area contributed by atoms with E-state index in [4.69, 9.17) is 4.74 Å². The topological polar surface area (TPSA) is 107 Å². The van der Waals surface area contributed by atoms with Crippen molar-refractivity contribution in [1.82, 2.24) is 19.7 Å². The molecular weight excluding hydrogens is 537 g/mol. The second-order valence-corrected chi connectivity index (χ2v) is 10.5. The SMILES string of the molecule is COC(=O)C1=C(C)N(c2cccc(C(F)(F)F)c2)c2n[nH]c(=O)n2[C@@H]1c1ccc(C#N)cc1CCN(C)CC1CC1. The lowest BCUT2D eigenvalue weighted by Crippen LogP contribution is -2.38. The summed E-state index contributed by atoms with van der Waals surface area (Å²) in [6, 6.07) is 10.8. The number of nitrogens with one attached hydrogen (secondary N) is 1. The summed E-state index contributed by atoms with van der Waals surface area (Å²) in [5, 5.41) is 16.1. The third-order valence-corrected chi connectivity index (χ3v) is 7.58. The van der Waals surface area contributed by atoms with Crippen molar-refractivity contribution in [2.24, 2.45) is 5.92 Å². The van der Waals surface area contributed by atoms with Crippen LogP contribution in [0.15, 0.2) is 58.5 Å². The van der Waals surface area contributed by atoms with E-state index in [-0.39, 0.29) is 22.9 Å². The third-order valence-electron chi connectivity index (χ3n) is 7.58. The highest BCUT2D eigenvalue weighted by Crippen LogP contribution is 2.43. The molecule has 0 radical (unpaired) electrons. The van der Waals surface area contributed by atoms with Gasteiger partial charge in [-0.15, -0.1) is 5.10 Å². The number of hydrogen-bond acceptors (Lipinski definition) is 7. The summed E-state index contributed by atoms with van der Waals surface area (Å²) in [5.74, 6) is -0.0382. The lowest BCUT2D eigenvalue weighted by molar-refractivity contribution is -0.138. The molecule has 0 unspecified atom stereocenters. The highest BCUT2D eigenvalue weighted by Gasteiger charge is 2.41. The average Bonchev–Trinajstić information content (AvgIpc) is 3.69. The van der Waals surface area contributed by atoms with E-state index in [1.807, 2.05) is 7.05 Å². The second kappa shape index (κ2) is 10.9. The van der Waals surface area contributed by atoms with Crippen molar-refractivity contribution in [3.05, 3.63) is 86.5 Å². The van der Waals surface area contributed by atoms with E-state index in [1.165, 1.54) is 41.6 Å². The Labute approximate surface area is 234 Å². The number of benzene rings is 2. The lowest BCUT2D eigenvalue weighted by atomic mass is 9.89. The number of hydrogen-bond donors (Lipinski definition) is 1. The number of rotatable bonds is 8. The van der Waals surface area contributed by atoms with Gasteiger partial charge in [-0.2, -0.15) is 18.4 Å². The number of carbonyl (C=O) groups excluding carboxylic acids is 1. The van der Waals surface area contributed by atoms with Crippen molar-refractivity contribution < 1.29 is 22.7 Å². The van der Waals surface area contributed by atoms with Gasteiger partial charge in [0.2, 0.25) is 5.95 Å². The molecule has 0 spiro atoms. The number of esters is 1. The van der Waals surface area contributed by atoms with Crippen LogP contribution in [0.5, 0.6) is 0 Å². The number of methoxy groups -OCH3 is 1. The van der Waals surface area contributed by atoms with Gasteiger partial charge in [0.05, 0.1) is 29.9 Å². The summed E-state index contributed by atoms with van der Waals surface area (Å²) in [6.07, 6.45) is -1.64. The lowest BCUT2D eigenvalue weighted by Gasteiger charge is -2.36. The standard InChI is InChI=1S/C29H29F3N6O3/c1-17-24(26(39)41-3)25(23-10-9-19(15-33)13-20(23)11-12-36(2)16-18-7-8-18)38-27(34-35-28(38)40)37(17)22-6-4-5-21(14-22)29(30,31)32/h4-6,9-10,13-14,18,25H,7-8,11-12,16H2,1-3H3,(H,35,40)/t25-/m1/s1. The van der Waals surface area contributed by atoms with E-state index in [2.05, 4.69) is 21.2 Å². The highest BCUT2D eigenvalue weighted by atomic mass is 19.4. The molecule has 12 heteroatoms. The molecule has 2 heterocycles. The van der Waals surface area contributed by atoms with Crippen LogP contribution in [0.4, 0.5) is 24.8 Å². The van der Waals surface area contributed by atoms with Crippen molar-refractivity contribution in [1.29, 1.82) is 5.26 Å². The van der Waals surface area contributed by atoms with E-state index in [0.717, 1.165) is 24.2 Å². The number of H-pyrrole nitrogens is 1. The number of nitrogens with zero attached hydrogens (tertiary/aromatic N) is 5. The van der Waals surface area contributed by atoms with Crippen LogP contribution >= 0.6 is 0 Å². The number of ether oxygens (including phenoxy) is 1. The van der Waals surface area contributed by atoms with Gasteiger partial charge >= 0.3 is 17.8 Å². The van der Waals surface area contributed by atoms with Gasteiger partial charge in [-0.1, -0.05) is 12.1 Å². The molecule has 0 bridgehead atoms. The van der Waals surface area contributed by atoms with Gasteiger partial charge in [0.1, 0.15) is 6.04 Å². The number of fused-ring (bicyclic) bond motifs is 1. The number of likely N-dealkylation sites (N-methyl/N-ethyl adjacent to an activating group) is 1. The zero-order valence-electron chi connectivity index (χ0n) is 22.8. The summed E-state index contributed by atoms with van der Waals surface area (Å²) in [5.41, 5.74) is 0.631. The molecule has 1 fully saturated rings. The maximum absolute atomic E-state index is 13.6. The first-order chi connectivity index (χ1) is 19.5. The van der Waals surface area contributed by atoms with Crippen molar-refractivity contribution >= 4 is 17.6 Å². The summed E-state index contributed by atoms with van der Waals surface area (Å²) >= 11 is 0. The Bertz CT molecular complexity index is 1610. The number of halogens is 3. The first-order valence-corrected chi connectivity index (χ1v) is 13.2. The average molecular weight is 567 g/mol. The predicted octanol–water partition coefficient (Wildman–Crippen LogP) is 4.53. The molecule has 0 amide bonds. The number of carbonyl (C=O) groups is 1. The molecule has 1 aliphatic heterocycles. The summed E-state index contributed by atoms with van der Waals surface area (Å²) in [6.45, 7) is 3.22. The van der Waals surface area contributed by atoms with Gasteiger partial charge in [-0.3, -0.25) is 4.90 Å². The van der Waals surface area contributed by atoms with E-state index in [0.29, 0.717) is 30.0 Å². The van der Waals surface area contributed by atoms with Crippen LogP contribution in [0, 0.1) is 17.2 Å². The smallest absolute Gasteiger partial charge is 0.416 e. The third kappa shape index (κ3) is 5.50. The van der Waals surface area contributed by atoms with E-state index >= 15 is 0 Å². The summed E-state index contributed by atoms with van der Waals surface area (Å²) < 4.78 is 47.1. The minimum atomic E-state index is -4.60. The van der Waals surface area contributed by atoms with Crippen LogP contribution in [-0.2, 0) is 22.1 Å². The van der Waals surface area contributed by atoms with Gasteiger partial charge < -0.3 is 9.64 Å². The van der Waals surface area contributed by atoms with Gasteiger partial charge in [-0.05, 0) is 80.6 Å². The van der Waals surface area contributed by atoms with Crippen LogP contribution in [-0.4, -0.2) is 52.9 Å². The zero-order valence-corrected chi connectivity index (χ0v) is 22.8. The monoisotopic (exact) mass is 566 g/mol. The van der Waals surface area contributed by atoms with Crippen LogP contribution in [0.25, 0.3) is 0 Å². The maximum Gasteiger partial charge on any atom is 0.416 e. The molecule has 9 nitrogen and oxygen atoms in total. The number of aromatic amines is 1. The first-order valence-electron chi connectivity index (χ1n) is 13.2. The van der Waals surface area contributed by atoms with Crippen molar-refractivity contribution in [3.63, 3.8) is 0 Å². The second-order valence-electron chi connectivity index (χ2n) is 10.5. The molecule has 1 N–H and O–H groups in total. The minimum absolute atomic E-state index is 0.0191. The Hall–Kier alpha value is -4.37. The van der Waals surface area contributed by atoms with E-state index < -0.39 is 29.4 Å². The number of alkyl halides is 3. The molecule has 41 heavy (non-hydrogen) atoms. The predicted molar refractivity (Wildman–Crippen MR) is 144 cm³/mol. The molecule has 1 atom stereocenters. The van der Waals surface area contributed by atoms with E-state index in [1.54, 1.807) is 25.1 Å². The number of aromatic nitrogens is 3. The fourth-order valence-electron chi connectivity index (χ4n) is 5.38. The van der Waals surface area contributed by atoms with Crippen molar-refractivity contribution in [2.45, 2.75) is 38.4 Å². The molecule has 2 aromatic carbocycles. The van der Waals surface area contributed by atoms with Crippen LogP contribution in [0.3, 0.4) is 0 Å². The molecule has 1 saturated carbocycles. The summed E-state index contributed by atoms with van der Waals surface area (Å²) in [4.78, 5) is 30.1. The van der Waals surface area contributed by atoms with Gasteiger partial charge in [-0.25, -0.2) is 19.3 Å². The Morgan fingerprint density at radius 1 is 1.24 bits per heavy atom. The van der Waals surface area contributed by atoms with Crippen LogP contribution in [0.1, 0.15) is 48.1 Å². The molecule has 5 rings (SSSR count). The normalized spacial score (nSPS) is 17.0. The Morgan fingerprint density at radius 2 is 2.00 bits per heavy atom. The van der Waals surface area contributed by atoms with Gasteiger partial charge in [0, 0.05) is 24.5 Å². The molecule has 2 aliphatic rings. The maximum atomic E-state index is 13.6. The van der Waals surface area contributed by atoms with Crippen molar-refractivity contribution in [2.75, 3.05) is 32.1 Å². The Morgan fingerprint density at radius 3 is 2.66 bits per heavy atom. The quantitative estimate of drug-likeness (QED) is 0.399. The van der Waals surface area contributed by atoms with Gasteiger partial charge in [0.25, 0.3) is 0 Å². The first kappa shape index (κ1) is 28.2. The van der Waals surface area contributed by atoms with E-state index in [9.17, 15) is 28.0 Å². The van der Waals surface area contributed by atoms with Crippen LogP contribution < -0.4 is 10.6 Å². The Kier molecular flexibility index (Phi) is 7.48. The molecular formula is C29H29F3N6O3. The molecule has 0 saturated heterocycles. The largest absolute Gasteiger partial charge is 0.466 e. The van der Waals surface area contributed by atoms with Crippen LogP contribution in [0.2, 0.25) is 0 Å². The number of anilines is 2. The minimum Gasteiger partial charge on any atom is -0.466 e. The van der Waals surface area contributed by atoms with Crippen molar-refractivity contribution in [3.8, 4) is 6.07 Å². The number of allylic oxidation sites excluding steroid dienone is 1. The fourth-order valence-corrected chi connectivity index (χ4v) is 5.38. The molecule has 1 aromatic heterocycles. The zero-order chi connectivity index (χ0) is 29.5. The molecule has 214 valence electrons. The molecule has 1 aliphatic carbocycles. The summed E-state index contributed by atoms with van der Waals surface area (Å²) in [7, 11) is 3.23. The Balaban J connectivity index is 1.67. The molecule has 3 aromatic rings. The number of nitriles is 1. The fraction of sp³-hybridized carbons (Fsp3) is 0.379. The highest BCUT2D eigenvalue weighted by molar-refractivity contribution is 5.93. The van der Waals surface area contributed by atoms with Gasteiger partial charge in [0.15, 0.2) is 0 Å².